The summed E-state index contributed by atoms with van der Waals surface area (Å²) in [5, 5.41) is 1.67. The molecule has 7 heteroatoms. The molecule has 186 valence electrons. The third-order valence-electron chi connectivity index (χ3n) is 6.62. The van der Waals surface area contributed by atoms with Gasteiger partial charge in [-0.05, 0) is 79.4 Å². The molecule has 1 fully saturated rings. The minimum absolute atomic E-state index is 0.0407. The fourth-order valence-corrected chi connectivity index (χ4v) is 6.71. The lowest BCUT2D eigenvalue weighted by Gasteiger charge is -2.22. The van der Waals surface area contributed by atoms with Crippen molar-refractivity contribution in [1.29, 1.82) is 0 Å². The van der Waals surface area contributed by atoms with Gasteiger partial charge in [-0.15, -0.1) is 22.7 Å². The van der Waals surface area contributed by atoms with E-state index in [-0.39, 0.29) is 5.78 Å². The Morgan fingerprint density at radius 3 is 1.66 bits per heavy atom. The Bertz CT molecular complexity index is 1680. The molecule has 1 aliphatic carbocycles. The van der Waals surface area contributed by atoms with Gasteiger partial charge in [0, 0.05) is 11.1 Å². The van der Waals surface area contributed by atoms with Crippen LogP contribution in [-0.2, 0) is 4.79 Å². The van der Waals surface area contributed by atoms with Crippen LogP contribution < -0.4 is 0 Å². The maximum Gasteiger partial charge on any atom is 0.185 e. The number of allylic oxidation sites excluding steroid dienone is 2. The molecule has 1 saturated carbocycles. The lowest BCUT2D eigenvalue weighted by atomic mass is 9.81. The molecule has 2 aromatic carbocycles. The summed E-state index contributed by atoms with van der Waals surface area (Å²) in [5.74, 6) is 3.12. The number of fused-ring (bicyclic) bond motifs is 2. The highest BCUT2D eigenvalue weighted by Crippen LogP contribution is 2.36. The summed E-state index contributed by atoms with van der Waals surface area (Å²) in [7, 11) is 0. The van der Waals surface area contributed by atoms with Crippen LogP contribution in [0.2, 0.25) is 0 Å². The first-order valence-electron chi connectivity index (χ1n) is 12.5. The Balaban J connectivity index is 1.15. The second-order valence-corrected chi connectivity index (χ2v) is 11.6. The zero-order valence-corrected chi connectivity index (χ0v) is 22.1. The van der Waals surface area contributed by atoms with Crippen molar-refractivity contribution < 1.29 is 13.6 Å². The number of rotatable bonds is 4. The molecule has 1 unspecified atom stereocenters. The van der Waals surface area contributed by atoms with E-state index < -0.39 is 0 Å². The van der Waals surface area contributed by atoms with Crippen LogP contribution in [0.1, 0.15) is 31.3 Å². The molecule has 4 heterocycles. The van der Waals surface area contributed by atoms with Gasteiger partial charge < -0.3 is 8.83 Å². The summed E-state index contributed by atoms with van der Waals surface area (Å²) in [4.78, 5) is 22.8. The average molecular weight is 535 g/mol. The molecular formula is C31H22N2O3S2. The first-order valence-corrected chi connectivity index (χ1v) is 14.1. The molecule has 1 aliphatic rings. The zero-order chi connectivity index (χ0) is 25.6. The summed E-state index contributed by atoms with van der Waals surface area (Å²) in [6, 6.07) is 23.7. The topological polar surface area (TPSA) is 69.1 Å². The number of ketones is 1. The van der Waals surface area contributed by atoms with Gasteiger partial charge in [-0.1, -0.05) is 31.2 Å². The standard InChI is InChI=1S/C31H22N2O3S2/c1-18-14-19(16-21-10-12-25(35-21)30-32-23-6-2-4-8-27(23)37-30)29(34)20(15-18)17-22-11-13-26(36-22)31-33-24-7-3-5-9-28(24)38-31/h2-13,16-18H,14-15H2,1H3/b19-16-,20-17+. The van der Waals surface area contributed by atoms with E-state index >= 15 is 0 Å². The fourth-order valence-electron chi connectivity index (χ4n) is 4.85. The van der Waals surface area contributed by atoms with E-state index in [9.17, 15) is 4.79 Å². The van der Waals surface area contributed by atoms with Crippen molar-refractivity contribution in [2.45, 2.75) is 19.8 Å². The van der Waals surface area contributed by atoms with Gasteiger partial charge in [-0.3, -0.25) is 4.79 Å². The lowest BCUT2D eigenvalue weighted by molar-refractivity contribution is -0.113. The number of furan rings is 2. The molecule has 0 N–H and O–H groups in total. The van der Waals surface area contributed by atoms with E-state index in [1.54, 1.807) is 22.7 Å². The Hall–Kier alpha value is -4.07. The van der Waals surface area contributed by atoms with Gasteiger partial charge in [-0.2, -0.15) is 0 Å². The highest BCUT2D eigenvalue weighted by atomic mass is 32.1. The van der Waals surface area contributed by atoms with Gasteiger partial charge in [0.1, 0.15) is 11.5 Å². The van der Waals surface area contributed by atoms with Crippen molar-refractivity contribution in [2.75, 3.05) is 0 Å². The van der Waals surface area contributed by atoms with Crippen molar-refractivity contribution in [1.82, 2.24) is 9.97 Å². The zero-order valence-electron chi connectivity index (χ0n) is 20.5. The van der Waals surface area contributed by atoms with Crippen LogP contribution in [0.5, 0.6) is 0 Å². The van der Waals surface area contributed by atoms with Crippen LogP contribution in [0.4, 0.5) is 0 Å². The number of carbonyl (C=O) groups is 1. The Labute approximate surface area is 226 Å². The maximum atomic E-state index is 13.4. The lowest BCUT2D eigenvalue weighted by Crippen LogP contribution is -2.18. The molecule has 7 rings (SSSR count). The third-order valence-corrected chi connectivity index (χ3v) is 8.72. The molecule has 6 aromatic rings. The Kier molecular flexibility index (Phi) is 5.68. The normalized spacial score (nSPS) is 18.3. The first-order chi connectivity index (χ1) is 18.6. The van der Waals surface area contributed by atoms with Crippen LogP contribution in [0.15, 0.2) is 92.8 Å². The van der Waals surface area contributed by atoms with Crippen LogP contribution in [0.3, 0.4) is 0 Å². The van der Waals surface area contributed by atoms with Crippen molar-refractivity contribution in [3.63, 3.8) is 0 Å². The van der Waals surface area contributed by atoms with Gasteiger partial charge in [0.15, 0.2) is 27.3 Å². The predicted molar refractivity (Wildman–Crippen MR) is 154 cm³/mol. The predicted octanol–water partition coefficient (Wildman–Crippen LogP) is 8.89. The highest BCUT2D eigenvalue weighted by molar-refractivity contribution is 7.22. The number of nitrogens with zero attached hydrogens (tertiary/aromatic N) is 2. The van der Waals surface area contributed by atoms with Crippen LogP contribution in [0.25, 0.3) is 54.1 Å². The van der Waals surface area contributed by atoms with Gasteiger partial charge in [-0.25, -0.2) is 9.97 Å². The monoisotopic (exact) mass is 534 g/mol. The van der Waals surface area contributed by atoms with Crippen LogP contribution in [-0.4, -0.2) is 15.8 Å². The van der Waals surface area contributed by atoms with Crippen LogP contribution in [0, 0.1) is 5.92 Å². The number of aromatic nitrogens is 2. The van der Waals surface area contributed by atoms with E-state index in [4.69, 9.17) is 8.83 Å². The quantitative estimate of drug-likeness (QED) is 0.211. The maximum absolute atomic E-state index is 13.4. The molecule has 0 saturated heterocycles. The number of hydrogen-bond donors (Lipinski definition) is 0. The minimum Gasteiger partial charge on any atom is -0.454 e. The van der Waals surface area contributed by atoms with Gasteiger partial charge in [0.2, 0.25) is 0 Å². The van der Waals surface area contributed by atoms with Crippen molar-refractivity contribution in [3.05, 3.63) is 95.5 Å². The number of thiazole rings is 2. The number of Topliss-reactive ketones (excluding diaryl/α,β-unsaturated/α-hetero) is 1. The second kappa shape index (κ2) is 9.35. The number of hydrogen-bond acceptors (Lipinski definition) is 7. The average Bonchev–Trinajstić information content (AvgIpc) is 3.71. The van der Waals surface area contributed by atoms with Gasteiger partial charge in [0.05, 0.1) is 20.4 Å². The molecule has 5 nitrogen and oxygen atoms in total. The Morgan fingerprint density at radius 2 is 1.18 bits per heavy atom. The van der Waals surface area contributed by atoms with Crippen LogP contribution >= 0.6 is 22.7 Å². The molecule has 0 bridgehead atoms. The van der Waals surface area contributed by atoms with Crippen molar-refractivity contribution in [2.24, 2.45) is 5.92 Å². The van der Waals surface area contributed by atoms with E-state index in [1.165, 1.54) is 0 Å². The number of para-hydroxylation sites is 2. The largest absolute Gasteiger partial charge is 0.454 e. The molecular weight excluding hydrogens is 512 g/mol. The molecule has 0 amide bonds. The molecule has 0 radical (unpaired) electrons. The second-order valence-electron chi connectivity index (χ2n) is 9.56. The van der Waals surface area contributed by atoms with E-state index in [2.05, 4.69) is 29.0 Å². The summed E-state index contributed by atoms with van der Waals surface area (Å²) in [6.07, 6.45) is 5.17. The van der Waals surface area contributed by atoms with E-state index in [1.807, 2.05) is 72.8 Å². The minimum atomic E-state index is 0.0407. The molecule has 0 spiro atoms. The molecule has 38 heavy (non-hydrogen) atoms. The summed E-state index contributed by atoms with van der Waals surface area (Å²) >= 11 is 3.20. The SMILES string of the molecule is CC1C/C(=C/c2ccc(-c3nc4ccccc4s3)o2)C(=O)/C(=C/c2ccc(-c3nc4ccccc4s3)o2)C1. The van der Waals surface area contributed by atoms with Gasteiger partial charge >= 0.3 is 0 Å². The Morgan fingerprint density at radius 1 is 0.711 bits per heavy atom. The highest BCUT2D eigenvalue weighted by Gasteiger charge is 2.26. The van der Waals surface area contributed by atoms with Crippen molar-refractivity contribution >= 4 is 61.0 Å². The molecule has 4 aromatic heterocycles. The summed E-state index contributed by atoms with van der Waals surface area (Å²) in [6.45, 7) is 2.16. The first kappa shape index (κ1) is 23.1. The number of benzene rings is 2. The van der Waals surface area contributed by atoms with E-state index in [0.29, 0.717) is 41.8 Å². The fraction of sp³-hybridized carbons (Fsp3) is 0.129. The molecule has 0 aliphatic heterocycles. The smallest absolute Gasteiger partial charge is 0.185 e. The third kappa shape index (κ3) is 4.34. The molecule has 1 atom stereocenters. The van der Waals surface area contributed by atoms with E-state index in [0.717, 1.165) is 41.6 Å². The summed E-state index contributed by atoms with van der Waals surface area (Å²) in [5.41, 5.74) is 3.41. The van der Waals surface area contributed by atoms with Crippen molar-refractivity contribution in [3.8, 4) is 21.5 Å². The summed E-state index contributed by atoms with van der Waals surface area (Å²) < 4.78 is 14.4. The van der Waals surface area contributed by atoms with Gasteiger partial charge in [0.25, 0.3) is 0 Å². The number of carbonyl (C=O) groups excluding carboxylic acids is 1.